The van der Waals surface area contributed by atoms with Gasteiger partial charge in [0.15, 0.2) is 5.69 Å². The van der Waals surface area contributed by atoms with Gasteiger partial charge in [-0.3, -0.25) is 5.32 Å². The van der Waals surface area contributed by atoms with Gasteiger partial charge in [-0.15, -0.1) is 16.4 Å². The summed E-state index contributed by atoms with van der Waals surface area (Å²) in [6, 6.07) is 2.29. The van der Waals surface area contributed by atoms with Crippen molar-refractivity contribution in [2.75, 3.05) is 18.5 Å². The summed E-state index contributed by atoms with van der Waals surface area (Å²) >= 11 is 0.739. The number of alkyl halides is 3. The third-order valence-electron chi connectivity index (χ3n) is 4.80. The molecule has 0 saturated carbocycles. The number of aromatic nitrogens is 5. The molecule has 38 heavy (non-hydrogen) atoms. The standard InChI is InChI=1S/C22H20F3N7O5S/c1-3-26-20(34)30-16-5-13(19-29-15(9-38-19)22(23,24)25)14(7-27-16)12-4-11(17-31-32-21(35)37-17)6-28-18(12)36-8-10(2)33/h4-7,9-10,33H,3,8H2,1-2H3,(H,32,35)(H2,26,27,30,34). The van der Waals surface area contributed by atoms with Crippen molar-refractivity contribution in [1.82, 2.24) is 30.5 Å². The van der Waals surface area contributed by atoms with Crippen LogP contribution in [0.3, 0.4) is 0 Å². The first-order valence-corrected chi connectivity index (χ1v) is 11.9. The molecule has 0 saturated heterocycles. The van der Waals surface area contributed by atoms with E-state index in [9.17, 15) is 27.9 Å². The second kappa shape index (κ2) is 11.0. The Morgan fingerprint density at radius 1 is 1.24 bits per heavy atom. The molecule has 16 heteroatoms. The highest BCUT2D eigenvalue weighted by Crippen LogP contribution is 2.41. The van der Waals surface area contributed by atoms with Crippen LogP contribution in [-0.2, 0) is 6.18 Å². The molecule has 4 aromatic heterocycles. The molecule has 0 aliphatic heterocycles. The van der Waals surface area contributed by atoms with Gasteiger partial charge >= 0.3 is 18.0 Å². The topological polar surface area (TPSA) is 168 Å². The van der Waals surface area contributed by atoms with E-state index in [1.807, 2.05) is 0 Å². The molecule has 0 radical (unpaired) electrons. The number of hydrogen-bond donors (Lipinski definition) is 4. The van der Waals surface area contributed by atoms with Gasteiger partial charge in [-0.05, 0) is 26.0 Å². The van der Waals surface area contributed by atoms with Crippen LogP contribution < -0.4 is 21.1 Å². The quantitative estimate of drug-likeness (QED) is 0.256. The largest absolute Gasteiger partial charge is 0.474 e. The van der Waals surface area contributed by atoms with E-state index in [2.05, 4.69) is 35.8 Å². The van der Waals surface area contributed by atoms with E-state index in [0.29, 0.717) is 6.54 Å². The lowest BCUT2D eigenvalue weighted by Gasteiger charge is -2.15. The number of nitrogens with zero attached hydrogens (tertiary/aromatic N) is 4. The SMILES string of the molecule is CCNC(=O)Nc1cc(-c2nc(C(F)(F)F)cs2)c(-c2cc(-c3n[nH]c(=O)o3)cnc2OCC(C)O)cn1. The smallest absolute Gasteiger partial charge is 0.434 e. The van der Waals surface area contributed by atoms with Crippen LogP contribution in [0.15, 0.2) is 39.1 Å². The number of urea groups is 1. The number of aliphatic hydroxyl groups excluding tert-OH is 1. The third-order valence-corrected chi connectivity index (χ3v) is 5.67. The first-order valence-electron chi connectivity index (χ1n) is 11.0. The number of carbonyl (C=O) groups is 1. The van der Waals surface area contributed by atoms with Gasteiger partial charge in [-0.2, -0.15) is 13.2 Å². The molecule has 4 N–H and O–H groups in total. The van der Waals surface area contributed by atoms with E-state index in [0.717, 1.165) is 16.7 Å². The van der Waals surface area contributed by atoms with Crippen molar-refractivity contribution in [3.05, 3.63) is 46.2 Å². The van der Waals surface area contributed by atoms with Crippen LogP contribution in [0.1, 0.15) is 19.5 Å². The third kappa shape index (κ3) is 6.15. The Balaban J connectivity index is 1.90. The molecule has 200 valence electrons. The van der Waals surface area contributed by atoms with Gasteiger partial charge in [0.05, 0.1) is 11.7 Å². The molecule has 0 fully saturated rings. The number of halogens is 3. The molecule has 0 aromatic carbocycles. The molecule has 0 spiro atoms. The first kappa shape index (κ1) is 26.7. The van der Waals surface area contributed by atoms with E-state index >= 15 is 0 Å². The molecule has 1 unspecified atom stereocenters. The van der Waals surface area contributed by atoms with Crippen LogP contribution >= 0.6 is 11.3 Å². The normalized spacial score (nSPS) is 12.3. The van der Waals surface area contributed by atoms with Gasteiger partial charge in [-0.1, -0.05) is 0 Å². The number of anilines is 1. The molecule has 4 aromatic rings. The van der Waals surface area contributed by atoms with Crippen LogP contribution in [0.2, 0.25) is 0 Å². The minimum Gasteiger partial charge on any atom is -0.474 e. The number of hydrogen-bond acceptors (Lipinski definition) is 10. The summed E-state index contributed by atoms with van der Waals surface area (Å²) in [5.41, 5.74) is -0.203. The Labute approximate surface area is 215 Å². The molecular weight excluding hydrogens is 531 g/mol. The van der Waals surface area contributed by atoms with Gasteiger partial charge in [0.25, 0.3) is 5.89 Å². The van der Waals surface area contributed by atoms with Crippen LogP contribution in [-0.4, -0.2) is 55.5 Å². The number of aliphatic hydroxyl groups is 1. The van der Waals surface area contributed by atoms with Crippen molar-refractivity contribution in [3.63, 3.8) is 0 Å². The molecule has 4 heterocycles. The first-order chi connectivity index (χ1) is 18.0. The predicted octanol–water partition coefficient (Wildman–Crippen LogP) is 3.53. The van der Waals surface area contributed by atoms with Gasteiger partial charge in [0.1, 0.15) is 17.4 Å². The van der Waals surface area contributed by atoms with Gasteiger partial charge < -0.3 is 19.6 Å². The van der Waals surface area contributed by atoms with Crippen molar-refractivity contribution in [3.8, 4) is 39.0 Å². The number of amides is 2. The number of nitrogens with one attached hydrogen (secondary N) is 3. The van der Waals surface area contributed by atoms with Crippen molar-refractivity contribution in [2.45, 2.75) is 26.1 Å². The van der Waals surface area contributed by atoms with Crippen LogP contribution in [0.5, 0.6) is 5.88 Å². The fourth-order valence-corrected chi connectivity index (χ4v) is 4.05. The lowest BCUT2D eigenvalue weighted by Crippen LogP contribution is -2.28. The lowest BCUT2D eigenvalue weighted by atomic mass is 10.0. The van der Waals surface area contributed by atoms with E-state index in [1.54, 1.807) is 6.92 Å². The van der Waals surface area contributed by atoms with E-state index in [4.69, 9.17) is 9.15 Å². The van der Waals surface area contributed by atoms with E-state index in [1.165, 1.54) is 31.5 Å². The summed E-state index contributed by atoms with van der Waals surface area (Å²) in [4.78, 5) is 35.7. The molecule has 0 bridgehead atoms. The molecule has 2 amide bonds. The number of ether oxygens (including phenoxy) is 1. The maximum Gasteiger partial charge on any atom is 0.434 e. The minimum atomic E-state index is -4.67. The summed E-state index contributed by atoms with van der Waals surface area (Å²) in [6.45, 7) is 3.40. The monoisotopic (exact) mass is 551 g/mol. The maximum absolute atomic E-state index is 13.3. The Morgan fingerprint density at radius 3 is 2.66 bits per heavy atom. The van der Waals surface area contributed by atoms with Crippen LogP contribution in [0.4, 0.5) is 23.8 Å². The summed E-state index contributed by atoms with van der Waals surface area (Å²) in [5.74, 6) is -0.843. The predicted molar refractivity (Wildman–Crippen MR) is 130 cm³/mol. The number of carbonyl (C=O) groups excluding carboxylic acids is 1. The van der Waals surface area contributed by atoms with Crippen LogP contribution in [0.25, 0.3) is 33.2 Å². The fraction of sp³-hybridized carbons (Fsp3) is 0.273. The zero-order valence-electron chi connectivity index (χ0n) is 19.8. The average molecular weight is 552 g/mol. The van der Waals surface area contributed by atoms with Gasteiger partial charge in [0.2, 0.25) is 5.88 Å². The Hall–Kier alpha value is -4.31. The average Bonchev–Trinajstić information content (AvgIpc) is 3.52. The second-order valence-corrected chi connectivity index (χ2v) is 8.65. The molecule has 12 nitrogen and oxygen atoms in total. The highest BCUT2D eigenvalue weighted by Gasteiger charge is 2.34. The zero-order valence-corrected chi connectivity index (χ0v) is 20.6. The highest BCUT2D eigenvalue weighted by molar-refractivity contribution is 7.13. The molecule has 1 atom stereocenters. The van der Waals surface area contributed by atoms with Crippen molar-refractivity contribution in [2.24, 2.45) is 0 Å². The second-order valence-electron chi connectivity index (χ2n) is 7.79. The van der Waals surface area contributed by atoms with Gasteiger partial charge in [0, 0.05) is 41.0 Å². The lowest BCUT2D eigenvalue weighted by molar-refractivity contribution is -0.140. The number of aromatic amines is 1. The Kier molecular flexibility index (Phi) is 7.72. The molecule has 4 rings (SSSR count). The number of rotatable bonds is 8. The number of H-pyrrole nitrogens is 1. The summed E-state index contributed by atoms with van der Waals surface area (Å²) in [5, 5.41) is 21.5. The van der Waals surface area contributed by atoms with Crippen molar-refractivity contribution >= 4 is 23.2 Å². The van der Waals surface area contributed by atoms with E-state index in [-0.39, 0.29) is 51.5 Å². The maximum atomic E-state index is 13.3. The molecule has 0 aliphatic carbocycles. The van der Waals surface area contributed by atoms with Gasteiger partial charge in [-0.25, -0.2) is 29.6 Å². The van der Waals surface area contributed by atoms with Crippen LogP contribution in [0, 0.1) is 0 Å². The Morgan fingerprint density at radius 2 is 2.03 bits per heavy atom. The highest BCUT2D eigenvalue weighted by atomic mass is 32.1. The zero-order chi connectivity index (χ0) is 27.4. The fourth-order valence-electron chi connectivity index (χ4n) is 3.19. The summed E-state index contributed by atoms with van der Waals surface area (Å²) < 4.78 is 50.6. The molecule has 0 aliphatic rings. The van der Waals surface area contributed by atoms with E-state index < -0.39 is 29.8 Å². The number of pyridine rings is 2. The van der Waals surface area contributed by atoms with Crippen molar-refractivity contribution in [1.29, 1.82) is 0 Å². The minimum absolute atomic E-state index is 0.00705. The summed E-state index contributed by atoms with van der Waals surface area (Å²) in [6.07, 6.45) is -2.91. The molecular formula is C22H20F3N7O5S. The number of thiazole rings is 1. The summed E-state index contributed by atoms with van der Waals surface area (Å²) in [7, 11) is 0. The van der Waals surface area contributed by atoms with Crippen molar-refractivity contribution < 1.29 is 32.2 Å². The Bertz CT molecular complexity index is 1500.